The average molecular weight is 204 g/mol. The highest BCUT2D eigenvalue weighted by atomic mass is 16.5. The van der Waals surface area contributed by atoms with Crippen molar-refractivity contribution in [1.82, 2.24) is 15.1 Å². The lowest BCUT2D eigenvalue weighted by molar-refractivity contribution is 0.412. The molecule has 2 aromatic rings. The molecule has 1 aliphatic rings. The Morgan fingerprint density at radius 3 is 3.27 bits per heavy atom. The van der Waals surface area contributed by atoms with Crippen LogP contribution < -0.4 is 5.73 Å². The predicted molar refractivity (Wildman–Crippen MR) is 54.3 cm³/mol. The number of H-pyrrole nitrogens is 1. The zero-order valence-electron chi connectivity index (χ0n) is 8.29. The van der Waals surface area contributed by atoms with Gasteiger partial charge in [-0.25, -0.2) is 4.98 Å². The van der Waals surface area contributed by atoms with Crippen LogP contribution >= 0.6 is 0 Å². The number of aromatic amines is 1. The van der Waals surface area contributed by atoms with Crippen LogP contribution in [0, 0.1) is 0 Å². The summed E-state index contributed by atoms with van der Waals surface area (Å²) in [5, 5.41) is 3.96. The predicted octanol–water partition coefficient (Wildman–Crippen LogP) is 0.664. The molecule has 0 saturated carbocycles. The molecule has 0 radical (unpaired) electrons. The summed E-state index contributed by atoms with van der Waals surface area (Å²) in [7, 11) is 0. The minimum absolute atomic E-state index is 0.614. The van der Waals surface area contributed by atoms with Crippen molar-refractivity contribution >= 4 is 0 Å². The van der Waals surface area contributed by atoms with Gasteiger partial charge in [0, 0.05) is 12.1 Å². The van der Waals surface area contributed by atoms with Crippen LogP contribution in [0.4, 0.5) is 0 Å². The van der Waals surface area contributed by atoms with Gasteiger partial charge in [-0.3, -0.25) is 0 Å². The van der Waals surface area contributed by atoms with Crippen molar-refractivity contribution in [2.75, 3.05) is 6.54 Å². The molecule has 2 heterocycles. The molecular weight excluding hydrogens is 192 g/mol. The molecular formula is C10H12N4O. The Labute approximate surface area is 86.7 Å². The van der Waals surface area contributed by atoms with Crippen LogP contribution in [0.15, 0.2) is 10.8 Å². The van der Waals surface area contributed by atoms with Gasteiger partial charge in [-0.1, -0.05) is 5.16 Å². The lowest BCUT2D eigenvalue weighted by Gasteiger charge is -2.06. The van der Waals surface area contributed by atoms with Crippen molar-refractivity contribution in [3.63, 3.8) is 0 Å². The van der Waals surface area contributed by atoms with E-state index < -0.39 is 0 Å². The molecule has 78 valence electrons. The molecule has 1 aliphatic carbocycles. The summed E-state index contributed by atoms with van der Waals surface area (Å²) in [6, 6.07) is 0. The van der Waals surface area contributed by atoms with Gasteiger partial charge >= 0.3 is 0 Å². The molecule has 5 heteroatoms. The molecule has 3 N–H and O–H groups in total. The minimum atomic E-state index is 0.614. The molecule has 2 aromatic heterocycles. The molecule has 5 nitrogen and oxygen atoms in total. The van der Waals surface area contributed by atoms with Crippen molar-refractivity contribution in [2.24, 2.45) is 5.73 Å². The van der Waals surface area contributed by atoms with Gasteiger partial charge in [-0.2, -0.15) is 0 Å². The van der Waals surface area contributed by atoms with Crippen LogP contribution in [0.5, 0.6) is 0 Å². The molecule has 0 bridgehead atoms. The van der Waals surface area contributed by atoms with Gasteiger partial charge in [0.2, 0.25) is 0 Å². The van der Waals surface area contributed by atoms with Crippen LogP contribution in [0.25, 0.3) is 11.3 Å². The summed E-state index contributed by atoms with van der Waals surface area (Å²) < 4.78 is 4.96. The molecule has 0 aromatic carbocycles. The highest BCUT2D eigenvalue weighted by Crippen LogP contribution is 2.30. The van der Waals surface area contributed by atoms with Crippen molar-refractivity contribution < 1.29 is 4.52 Å². The SMILES string of the molecule is NCCc1nc2c([nH]1)CCc1nocc1-2. The van der Waals surface area contributed by atoms with Crippen LogP contribution in [0.2, 0.25) is 0 Å². The zero-order valence-corrected chi connectivity index (χ0v) is 8.29. The lowest BCUT2D eigenvalue weighted by atomic mass is 9.99. The first kappa shape index (κ1) is 8.67. The molecule has 0 aliphatic heterocycles. The van der Waals surface area contributed by atoms with E-state index >= 15 is 0 Å². The summed E-state index contributed by atoms with van der Waals surface area (Å²) in [5.74, 6) is 0.955. The molecule has 0 spiro atoms. The van der Waals surface area contributed by atoms with Gasteiger partial charge in [0.1, 0.15) is 12.1 Å². The van der Waals surface area contributed by atoms with E-state index in [0.717, 1.165) is 42.0 Å². The fourth-order valence-electron chi connectivity index (χ4n) is 2.00. The summed E-state index contributed by atoms with van der Waals surface area (Å²) >= 11 is 0. The smallest absolute Gasteiger partial charge is 0.133 e. The summed E-state index contributed by atoms with van der Waals surface area (Å²) in [6.45, 7) is 0.614. The molecule has 0 amide bonds. The number of fused-ring (bicyclic) bond motifs is 3. The largest absolute Gasteiger partial charge is 0.364 e. The maximum atomic E-state index is 5.50. The van der Waals surface area contributed by atoms with E-state index in [-0.39, 0.29) is 0 Å². The fourth-order valence-corrected chi connectivity index (χ4v) is 2.00. The Morgan fingerprint density at radius 1 is 1.47 bits per heavy atom. The third-order valence-electron chi connectivity index (χ3n) is 2.72. The molecule has 0 saturated heterocycles. The van der Waals surface area contributed by atoms with E-state index in [4.69, 9.17) is 10.3 Å². The van der Waals surface area contributed by atoms with E-state index in [1.54, 1.807) is 6.26 Å². The Kier molecular flexibility index (Phi) is 1.85. The van der Waals surface area contributed by atoms with Gasteiger partial charge in [-0.15, -0.1) is 0 Å². The van der Waals surface area contributed by atoms with Gasteiger partial charge < -0.3 is 15.2 Å². The number of imidazole rings is 1. The van der Waals surface area contributed by atoms with E-state index in [2.05, 4.69) is 15.1 Å². The van der Waals surface area contributed by atoms with Gasteiger partial charge in [0.25, 0.3) is 0 Å². The number of rotatable bonds is 2. The van der Waals surface area contributed by atoms with Crippen LogP contribution in [0.1, 0.15) is 17.2 Å². The number of nitrogens with two attached hydrogens (primary N) is 1. The van der Waals surface area contributed by atoms with Crippen molar-refractivity contribution in [3.8, 4) is 11.3 Å². The highest BCUT2D eigenvalue weighted by molar-refractivity contribution is 5.65. The first-order valence-corrected chi connectivity index (χ1v) is 5.10. The van der Waals surface area contributed by atoms with Crippen LogP contribution in [0.3, 0.4) is 0 Å². The van der Waals surface area contributed by atoms with E-state index in [0.29, 0.717) is 6.54 Å². The third-order valence-corrected chi connectivity index (χ3v) is 2.72. The average Bonchev–Trinajstić information content (AvgIpc) is 2.80. The lowest BCUT2D eigenvalue weighted by Crippen LogP contribution is -2.04. The fraction of sp³-hybridized carbons (Fsp3) is 0.400. The second-order valence-corrected chi connectivity index (χ2v) is 3.72. The van der Waals surface area contributed by atoms with Crippen molar-refractivity contribution in [2.45, 2.75) is 19.3 Å². The Hall–Kier alpha value is -1.62. The van der Waals surface area contributed by atoms with Gasteiger partial charge in [0.05, 0.1) is 17.0 Å². The van der Waals surface area contributed by atoms with Crippen LogP contribution in [-0.4, -0.2) is 21.7 Å². The number of nitrogens with zero attached hydrogens (tertiary/aromatic N) is 2. The quantitative estimate of drug-likeness (QED) is 0.753. The van der Waals surface area contributed by atoms with Gasteiger partial charge in [0.15, 0.2) is 0 Å². The third kappa shape index (κ3) is 1.27. The number of aromatic nitrogens is 3. The zero-order chi connectivity index (χ0) is 10.3. The Balaban J connectivity index is 2.08. The first-order chi connectivity index (χ1) is 7.38. The molecule has 0 atom stereocenters. The van der Waals surface area contributed by atoms with E-state index in [1.165, 1.54) is 5.69 Å². The van der Waals surface area contributed by atoms with Crippen LogP contribution in [-0.2, 0) is 19.3 Å². The van der Waals surface area contributed by atoms with E-state index in [1.807, 2.05) is 0 Å². The topological polar surface area (TPSA) is 80.7 Å². The number of hydrogen-bond donors (Lipinski definition) is 2. The van der Waals surface area contributed by atoms with Crippen molar-refractivity contribution in [1.29, 1.82) is 0 Å². The Morgan fingerprint density at radius 2 is 2.40 bits per heavy atom. The highest BCUT2D eigenvalue weighted by Gasteiger charge is 2.22. The normalized spacial score (nSPS) is 13.7. The maximum absolute atomic E-state index is 5.50. The Bertz CT molecular complexity index is 485. The standard InChI is InChI=1S/C10H12N4O/c11-4-3-9-12-8-2-1-7-6(5-15-14-7)10(8)13-9/h5H,1-4,11H2,(H,12,13). The summed E-state index contributed by atoms with van der Waals surface area (Å²) in [5.41, 5.74) is 9.70. The number of aryl methyl sites for hydroxylation is 2. The maximum Gasteiger partial charge on any atom is 0.133 e. The minimum Gasteiger partial charge on any atom is -0.364 e. The summed E-state index contributed by atoms with van der Waals surface area (Å²) in [4.78, 5) is 7.82. The molecule has 0 unspecified atom stereocenters. The van der Waals surface area contributed by atoms with Gasteiger partial charge in [-0.05, 0) is 19.4 Å². The number of nitrogens with one attached hydrogen (secondary N) is 1. The van der Waals surface area contributed by atoms with E-state index in [9.17, 15) is 0 Å². The second kappa shape index (κ2) is 3.20. The van der Waals surface area contributed by atoms with Crippen molar-refractivity contribution in [3.05, 3.63) is 23.5 Å². The number of hydrogen-bond acceptors (Lipinski definition) is 4. The molecule has 3 rings (SSSR count). The second-order valence-electron chi connectivity index (χ2n) is 3.72. The molecule has 0 fully saturated rings. The molecule has 15 heavy (non-hydrogen) atoms. The summed E-state index contributed by atoms with van der Waals surface area (Å²) in [6.07, 6.45) is 4.32. The monoisotopic (exact) mass is 204 g/mol. The first-order valence-electron chi connectivity index (χ1n) is 5.10.